The first kappa shape index (κ1) is 45.6. The number of rotatable bonds is 18. The van der Waals surface area contributed by atoms with E-state index in [1.165, 1.54) is 0 Å². The van der Waals surface area contributed by atoms with Gasteiger partial charge in [-0.1, -0.05) is 0 Å². The van der Waals surface area contributed by atoms with Crippen LogP contribution in [0.25, 0.3) is 0 Å². The maximum absolute atomic E-state index is 13.5. The molecule has 1 fully saturated rings. The van der Waals surface area contributed by atoms with Crippen molar-refractivity contribution in [2.45, 2.75) is 111 Å². The molecule has 298 valence electrons. The van der Waals surface area contributed by atoms with Crippen molar-refractivity contribution in [3.05, 3.63) is 0 Å². The Morgan fingerprint density at radius 2 is 1.09 bits per heavy atom. The van der Waals surface area contributed by atoms with Gasteiger partial charge in [0.1, 0.15) is 32.0 Å². The van der Waals surface area contributed by atoms with E-state index in [9.17, 15) is 47.9 Å². The number of carbonyl (C=O) groups is 10. The van der Waals surface area contributed by atoms with Gasteiger partial charge in [0.15, 0.2) is 36.8 Å². The molecular formula is C31H43NO21. The zero-order valence-electron chi connectivity index (χ0n) is 30.4. The fraction of sp³-hybridized carbons (Fsp3) is 0.677. The van der Waals surface area contributed by atoms with E-state index < -0.39 is 135 Å². The highest BCUT2D eigenvalue weighted by Gasteiger charge is 2.56. The maximum atomic E-state index is 13.5. The summed E-state index contributed by atoms with van der Waals surface area (Å²) in [5.41, 5.74) is 0. The molecule has 0 aromatic heterocycles. The summed E-state index contributed by atoms with van der Waals surface area (Å²) in [6.07, 6.45) is -17.5. The Morgan fingerprint density at radius 1 is 0.585 bits per heavy atom. The lowest BCUT2D eigenvalue weighted by Gasteiger charge is -2.46. The van der Waals surface area contributed by atoms with Gasteiger partial charge in [0.05, 0.1) is 7.11 Å². The summed E-state index contributed by atoms with van der Waals surface area (Å²) in [4.78, 5) is 123. The number of esters is 9. The number of hydrogen-bond acceptors (Lipinski definition) is 21. The lowest BCUT2D eigenvalue weighted by Crippen LogP contribution is -2.65. The van der Waals surface area contributed by atoms with Crippen molar-refractivity contribution in [3.8, 4) is 0 Å². The van der Waals surface area contributed by atoms with Crippen LogP contribution in [0.1, 0.15) is 55.4 Å². The summed E-state index contributed by atoms with van der Waals surface area (Å²) < 4.78 is 58.7. The van der Waals surface area contributed by atoms with Gasteiger partial charge in [-0.15, -0.1) is 0 Å². The highest BCUT2D eigenvalue weighted by Crippen LogP contribution is 2.33. The van der Waals surface area contributed by atoms with Crippen LogP contribution in [0.4, 0.5) is 0 Å². The minimum absolute atomic E-state index is 0.706. The van der Waals surface area contributed by atoms with E-state index in [4.69, 9.17) is 47.4 Å². The molecule has 1 rings (SSSR count). The Bertz CT molecular complexity index is 1380. The van der Waals surface area contributed by atoms with Crippen molar-refractivity contribution < 1.29 is 100 Å². The summed E-state index contributed by atoms with van der Waals surface area (Å²) in [7, 11) is 1.01. The predicted octanol–water partition coefficient (Wildman–Crippen LogP) is -1.90. The normalized spacial score (nSPS) is 21.4. The minimum atomic E-state index is -2.24. The Morgan fingerprint density at radius 3 is 1.57 bits per heavy atom. The number of nitrogens with one attached hydrogen (secondary N) is 1. The standard InChI is InChI=1S/C31H43NO21/c1-13(33)44-11-21(46-15(3)35)25(26(48-17(5)37)28(50-19(7)39)30(42)32-10-23(41)43-9)53-31-29(51-20(8)40)27(49-18(6)38)24(47-16(4)36)22(52-31)12-45-14(2)34/h21-22,24-29,31H,10-12H2,1-9H3,(H,32,42)/t21-,22-,24+,25-,26+,27+,28-,29-,31+/m1/s1. The molecule has 0 spiro atoms. The minimum Gasteiger partial charge on any atom is -0.468 e. The van der Waals surface area contributed by atoms with Crippen LogP contribution in [0, 0.1) is 0 Å². The number of ether oxygens (including phenoxy) is 11. The molecule has 22 heteroatoms. The third-order valence-corrected chi connectivity index (χ3v) is 6.48. The van der Waals surface area contributed by atoms with Crippen LogP contribution in [0.3, 0.4) is 0 Å². The molecule has 1 aliphatic rings. The summed E-state index contributed by atoms with van der Waals surface area (Å²) in [5.74, 6) is -10.4. The highest BCUT2D eigenvalue weighted by molar-refractivity contribution is 5.87. The first-order valence-corrected chi connectivity index (χ1v) is 15.6. The van der Waals surface area contributed by atoms with Crippen LogP contribution in [-0.4, -0.2) is 142 Å². The molecule has 0 unspecified atom stereocenters. The van der Waals surface area contributed by atoms with Gasteiger partial charge in [-0.2, -0.15) is 0 Å². The van der Waals surface area contributed by atoms with Gasteiger partial charge in [-0.05, 0) is 0 Å². The molecule has 1 amide bonds. The number of carbonyl (C=O) groups excluding carboxylic acids is 10. The molecule has 1 saturated heterocycles. The average Bonchev–Trinajstić information content (AvgIpc) is 3.02. The first-order valence-electron chi connectivity index (χ1n) is 15.6. The molecule has 1 heterocycles. The quantitative estimate of drug-likeness (QED) is 0.118. The Labute approximate surface area is 302 Å². The maximum Gasteiger partial charge on any atom is 0.325 e. The molecule has 0 radical (unpaired) electrons. The fourth-order valence-corrected chi connectivity index (χ4v) is 4.71. The van der Waals surface area contributed by atoms with Crippen molar-refractivity contribution in [1.82, 2.24) is 5.32 Å². The molecular weight excluding hydrogens is 722 g/mol. The largest absolute Gasteiger partial charge is 0.468 e. The zero-order valence-corrected chi connectivity index (χ0v) is 30.4. The second-order valence-electron chi connectivity index (χ2n) is 11.0. The Balaban J connectivity index is 4.15. The molecule has 0 saturated carbocycles. The summed E-state index contributed by atoms with van der Waals surface area (Å²) in [6, 6.07) is 0. The predicted molar refractivity (Wildman–Crippen MR) is 165 cm³/mol. The van der Waals surface area contributed by atoms with Crippen molar-refractivity contribution in [1.29, 1.82) is 0 Å². The van der Waals surface area contributed by atoms with Gasteiger partial charge in [0.2, 0.25) is 6.10 Å². The van der Waals surface area contributed by atoms with Crippen molar-refractivity contribution >= 4 is 59.6 Å². The van der Waals surface area contributed by atoms with E-state index in [0.29, 0.717) is 0 Å². The lowest BCUT2D eigenvalue weighted by atomic mass is 9.97. The van der Waals surface area contributed by atoms with E-state index >= 15 is 0 Å². The molecule has 1 aliphatic heterocycles. The third-order valence-electron chi connectivity index (χ3n) is 6.48. The number of methoxy groups -OCH3 is 1. The number of hydrogen-bond donors (Lipinski definition) is 1. The van der Waals surface area contributed by atoms with Gasteiger partial charge in [-0.25, -0.2) is 0 Å². The molecule has 0 aromatic rings. The van der Waals surface area contributed by atoms with E-state index in [1.54, 1.807) is 0 Å². The second-order valence-corrected chi connectivity index (χ2v) is 11.0. The Kier molecular flexibility index (Phi) is 18.8. The van der Waals surface area contributed by atoms with E-state index in [1.807, 2.05) is 0 Å². The monoisotopic (exact) mass is 765 g/mol. The molecule has 22 nitrogen and oxygen atoms in total. The van der Waals surface area contributed by atoms with Gasteiger partial charge < -0.3 is 57.4 Å². The van der Waals surface area contributed by atoms with Gasteiger partial charge in [0, 0.05) is 55.4 Å². The highest BCUT2D eigenvalue weighted by atomic mass is 16.8. The van der Waals surface area contributed by atoms with Crippen molar-refractivity contribution in [2.24, 2.45) is 0 Å². The first-order chi connectivity index (χ1) is 24.7. The van der Waals surface area contributed by atoms with Crippen LogP contribution < -0.4 is 5.32 Å². The van der Waals surface area contributed by atoms with Crippen LogP contribution in [0.15, 0.2) is 0 Å². The van der Waals surface area contributed by atoms with Gasteiger partial charge >= 0.3 is 53.7 Å². The number of amides is 1. The lowest BCUT2D eigenvalue weighted by molar-refractivity contribution is -0.331. The van der Waals surface area contributed by atoms with Crippen LogP contribution in [0.5, 0.6) is 0 Å². The molecule has 0 bridgehead atoms. The van der Waals surface area contributed by atoms with Crippen molar-refractivity contribution in [3.63, 3.8) is 0 Å². The van der Waals surface area contributed by atoms with Crippen LogP contribution in [-0.2, 0) is 100 Å². The average molecular weight is 766 g/mol. The molecule has 1 N–H and O–H groups in total. The second kappa shape index (κ2) is 21.9. The summed E-state index contributed by atoms with van der Waals surface area (Å²) >= 11 is 0. The summed E-state index contributed by atoms with van der Waals surface area (Å²) in [6.45, 7) is 5.13. The topological polar surface area (TPSA) is 284 Å². The van der Waals surface area contributed by atoms with Crippen LogP contribution >= 0.6 is 0 Å². The summed E-state index contributed by atoms with van der Waals surface area (Å²) in [5, 5.41) is 2.12. The van der Waals surface area contributed by atoms with E-state index in [0.717, 1.165) is 62.5 Å². The smallest absolute Gasteiger partial charge is 0.325 e. The molecule has 0 aromatic carbocycles. The molecule has 53 heavy (non-hydrogen) atoms. The van der Waals surface area contributed by atoms with E-state index in [2.05, 4.69) is 10.1 Å². The molecule has 9 atom stereocenters. The van der Waals surface area contributed by atoms with Gasteiger partial charge in [0.25, 0.3) is 5.91 Å². The SMILES string of the molecule is COC(=O)CNC(=O)[C@H](OC(C)=O)[C@@H](OC(C)=O)[C@H](O[C@@H]1O[C@H](COC(C)=O)[C@H](OC(C)=O)[C@H](OC(C)=O)[C@H]1OC(C)=O)[C@@H](COC(C)=O)OC(C)=O. The fourth-order valence-electron chi connectivity index (χ4n) is 4.71. The van der Waals surface area contributed by atoms with Crippen molar-refractivity contribution in [2.75, 3.05) is 26.9 Å². The van der Waals surface area contributed by atoms with Gasteiger partial charge in [-0.3, -0.25) is 47.9 Å². The zero-order chi connectivity index (χ0) is 40.6. The molecule has 0 aliphatic carbocycles. The van der Waals surface area contributed by atoms with Crippen LogP contribution in [0.2, 0.25) is 0 Å². The van der Waals surface area contributed by atoms with E-state index in [-0.39, 0.29) is 0 Å². The Hall–Kier alpha value is -5.38. The third kappa shape index (κ3) is 16.2.